The molecule has 0 saturated carbocycles. The summed E-state index contributed by atoms with van der Waals surface area (Å²) in [5, 5.41) is 18.3. The van der Waals surface area contributed by atoms with E-state index in [0.29, 0.717) is 11.1 Å². The van der Waals surface area contributed by atoms with Crippen LogP contribution < -0.4 is 10.6 Å². The number of guanidine groups is 1. The molecule has 40 heavy (non-hydrogen) atoms. The summed E-state index contributed by atoms with van der Waals surface area (Å²) in [5.74, 6) is -1.50. The van der Waals surface area contributed by atoms with Crippen LogP contribution in [-0.4, -0.2) is 58.3 Å². The number of anilines is 1. The molecule has 0 saturated heterocycles. The van der Waals surface area contributed by atoms with Crippen molar-refractivity contribution in [1.29, 1.82) is 10.7 Å². The SMILES string of the molecule is COC(=O)C1=C(C)N(c2cccc(C(F)(F)F)c2)C(=N)N(C(N)=O)[C@@H]1c1ccc(C#N)cc1CCN(C)S(C)=O. The minimum atomic E-state index is -4.69. The van der Waals surface area contributed by atoms with Gasteiger partial charge in [-0.3, -0.25) is 15.2 Å². The molecule has 0 spiro atoms. The Morgan fingerprint density at radius 3 is 2.48 bits per heavy atom. The number of hydrogen-bond donors (Lipinski definition) is 2. The van der Waals surface area contributed by atoms with Crippen molar-refractivity contribution in [1.82, 2.24) is 9.21 Å². The van der Waals surface area contributed by atoms with Gasteiger partial charge in [-0.2, -0.15) is 18.4 Å². The van der Waals surface area contributed by atoms with Crippen LogP contribution in [0, 0.1) is 16.7 Å². The smallest absolute Gasteiger partial charge is 0.416 e. The van der Waals surface area contributed by atoms with Crippen molar-refractivity contribution in [3.05, 3.63) is 76.0 Å². The number of nitriles is 1. The molecule has 212 valence electrons. The van der Waals surface area contributed by atoms with Crippen LogP contribution in [0.3, 0.4) is 0 Å². The molecule has 14 heteroatoms. The average molecular weight is 577 g/mol. The fraction of sp³-hybridized carbons (Fsp3) is 0.308. The molecule has 2 aromatic carbocycles. The largest absolute Gasteiger partial charge is 0.466 e. The number of alkyl halides is 3. The third-order valence-corrected chi connectivity index (χ3v) is 7.53. The first-order valence-electron chi connectivity index (χ1n) is 11.7. The average Bonchev–Trinajstić information content (AvgIpc) is 2.90. The number of amides is 2. The summed E-state index contributed by atoms with van der Waals surface area (Å²) >= 11 is 0. The molecule has 1 unspecified atom stereocenters. The van der Waals surface area contributed by atoms with Gasteiger partial charge in [0.15, 0.2) is 0 Å². The van der Waals surface area contributed by atoms with E-state index < -0.39 is 46.7 Å². The molecule has 3 rings (SSSR count). The normalized spacial score (nSPS) is 16.7. The summed E-state index contributed by atoms with van der Waals surface area (Å²) in [6, 6.07) is 8.19. The van der Waals surface area contributed by atoms with Crippen LogP contribution >= 0.6 is 0 Å². The van der Waals surface area contributed by atoms with E-state index in [1.807, 2.05) is 6.07 Å². The highest BCUT2D eigenvalue weighted by Crippen LogP contribution is 2.42. The summed E-state index contributed by atoms with van der Waals surface area (Å²) in [6.07, 6.45) is -2.95. The van der Waals surface area contributed by atoms with Crippen molar-refractivity contribution in [2.45, 2.75) is 25.6 Å². The summed E-state index contributed by atoms with van der Waals surface area (Å²) in [4.78, 5) is 27.8. The number of primary amides is 1. The number of hydrogen-bond acceptors (Lipinski definition) is 6. The standard InChI is InChI=1S/C26H27F3N6O4S/c1-15-21(23(36)39-3)22(20-9-8-16(14-30)12-17(20)10-11-33(2)40(4)38)35(25(32)37)24(31)34(15)19-7-5-6-18(13-19)26(27,28)29/h5-9,12-13,22,31H,10-11H2,1-4H3,(H2,32,37)/t22-,40?/m1/s1. The maximum atomic E-state index is 13.5. The first-order valence-corrected chi connectivity index (χ1v) is 13.3. The van der Waals surface area contributed by atoms with Gasteiger partial charge < -0.3 is 10.5 Å². The number of benzene rings is 2. The van der Waals surface area contributed by atoms with Crippen LogP contribution in [0.1, 0.15) is 35.2 Å². The minimum absolute atomic E-state index is 0.0424. The van der Waals surface area contributed by atoms with Crippen molar-refractivity contribution >= 4 is 34.6 Å². The highest BCUT2D eigenvalue weighted by molar-refractivity contribution is 7.81. The van der Waals surface area contributed by atoms with Gasteiger partial charge in [0.25, 0.3) is 0 Å². The summed E-state index contributed by atoms with van der Waals surface area (Å²) in [5.41, 5.74) is 5.59. The van der Waals surface area contributed by atoms with Gasteiger partial charge in [-0.15, -0.1) is 0 Å². The van der Waals surface area contributed by atoms with E-state index in [9.17, 15) is 32.2 Å². The molecule has 0 radical (unpaired) electrons. The molecule has 1 aliphatic heterocycles. The predicted molar refractivity (Wildman–Crippen MR) is 142 cm³/mol. The first kappa shape index (κ1) is 30.3. The number of nitrogens with one attached hydrogen (secondary N) is 1. The van der Waals surface area contributed by atoms with Crippen molar-refractivity contribution < 1.29 is 31.7 Å². The number of carbonyl (C=O) groups excluding carboxylic acids is 2. The van der Waals surface area contributed by atoms with E-state index in [2.05, 4.69) is 0 Å². The van der Waals surface area contributed by atoms with E-state index in [-0.39, 0.29) is 35.5 Å². The lowest BCUT2D eigenvalue weighted by Crippen LogP contribution is -2.55. The molecular formula is C26H27F3N6O4S. The molecule has 2 amide bonds. The number of urea groups is 1. The number of carbonyl (C=O) groups is 2. The molecule has 1 aliphatic rings. The van der Waals surface area contributed by atoms with Gasteiger partial charge in [-0.25, -0.2) is 18.1 Å². The molecule has 0 bridgehead atoms. The lowest BCUT2D eigenvalue weighted by atomic mass is 9.88. The van der Waals surface area contributed by atoms with Gasteiger partial charge in [0.2, 0.25) is 5.96 Å². The van der Waals surface area contributed by atoms with E-state index in [0.717, 1.165) is 35.1 Å². The summed E-state index contributed by atoms with van der Waals surface area (Å²) in [6.45, 7) is 1.70. The monoisotopic (exact) mass is 576 g/mol. The summed E-state index contributed by atoms with van der Waals surface area (Å²) in [7, 11) is 1.44. The number of allylic oxidation sites excluding steroid dienone is 1. The van der Waals surface area contributed by atoms with Crippen molar-refractivity contribution in [2.24, 2.45) is 5.73 Å². The Morgan fingerprint density at radius 2 is 1.93 bits per heavy atom. The third kappa shape index (κ3) is 6.00. The second-order valence-electron chi connectivity index (χ2n) is 8.86. The number of nitrogens with two attached hydrogens (primary N) is 1. The number of ether oxygens (including phenoxy) is 1. The molecule has 0 fully saturated rings. The second-order valence-corrected chi connectivity index (χ2v) is 10.3. The van der Waals surface area contributed by atoms with Crippen molar-refractivity contribution in [3.63, 3.8) is 0 Å². The minimum Gasteiger partial charge on any atom is -0.466 e. The molecule has 3 N–H and O–H groups in total. The Bertz CT molecular complexity index is 1450. The molecule has 0 aromatic heterocycles. The van der Waals surface area contributed by atoms with E-state index in [1.165, 1.54) is 31.4 Å². The number of likely N-dealkylation sites (N-methyl/N-ethyl adjacent to an activating group) is 1. The zero-order valence-electron chi connectivity index (χ0n) is 22.1. The van der Waals surface area contributed by atoms with Gasteiger partial charge in [0, 0.05) is 24.2 Å². The van der Waals surface area contributed by atoms with Crippen molar-refractivity contribution in [3.8, 4) is 6.07 Å². The molecule has 2 aromatic rings. The highest BCUT2D eigenvalue weighted by Gasteiger charge is 2.44. The number of nitrogens with zero attached hydrogens (tertiary/aromatic N) is 4. The fourth-order valence-corrected chi connectivity index (χ4v) is 4.78. The van der Waals surface area contributed by atoms with Crippen molar-refractivity contribution in [2.75, 3.05) is 31.9 Å². The van der Waals surface area contributed by atoms with Crippen LogP contribution in [0.5, 0.6) is 0 Å². The van der Waals surface area contributed by atoms with Crippen LogP contribution in [-0.2, 0) is 33.1 Å². The molecule has 10 nitrogen and oxygen atoms in total. The van der Waals surface area contributed by atoms with Gasteiger partial charge in [-0.05, 0) is 61.9 Å². The van der Waals surface area contributed by atoms with Gasteiger partial charge in [0.05, 0.1) is 40.9 Å². The topological polar surface area (TPSA) is 144 Å². The summed E-state index contributed by atoms with van der Waals surface area (Å²) < 4.78 is 58.9. The fourth-order valence-electron chi connectivity index (χ4n) is 4.43. The van der Waals surface area contributed by atoms with Gasteiger partial charge in [-0.1, -0.05) is 12.1 Å². The second kappa shape index (κ2) is 11.9. The number of methoxy groups -OCH3 is 1. The molecular weight excluding hydrogens is 549 g/mol. The Balaban J connectivity index is 2.31. The van der Waals surface area contributed by atoms with E-state index >= 15 is 0 Å². The highest BCUT2D eigenvalue weighted by atomic mass is 32.2. The van der Waals surface area contributed by atoms with Gasteiger partial charge in [0.1, 0.15) is 6.04 Å². The Hall–Kier alpha value is -4.22. The van der Waals surface area contributed by atoms with E-state index in [4.69, 9.17) is 15.9 Å². The lowest BCUT2D eigenvalue weighted by molar-refractivity contribution is -0.138. The Kier molecular flexibility index (Phi) is 9.01. The zero-order valence-corrected chi connectivity index (χ0v) is 22.9. The Morgan fingerprint density at radius 1 is 1.25 bits per heavy atom. The van der Waals surface area contributed by atoms with Gasteiger partial charge >= 0.3 is 18.2 Å². The lowest BCUT2D eigenvalue weighted by Gasteiger charge is -2.43. The van der Waals surface area contributed by atoms with Crippen LogP contribution in [0.4, 0.5) is 23.7 Å². The maximum Gasteiger partial charge on any atom is 0.416 e. The molecule has 0 aliphatic carbocycles. The number of esters is 1. The van der Waals surface area contributed by atoms with Crippen LogP contribution in [0.15, 0.2) is 53.7 Å². The maximum absolute atomic E-state index is 13.5. The molecule has 1 heterocycles. The van der Waals surface area contributed by atoms with E-state index in [1.54, 1.807) is 17.4 Å². The van der Waals surface area contributed by atoms with Crippen LogP contribution in [0.25, 0.3) is 0 Å². The first-order chi connectivity index (χ1) is 18.7. The Labute approximate surface area is 231 Å². The quantitative estimate of drug-likeness (QED) is 0.482. The zero-order chi connectivity index (χ0) is 29.9. The predicted octanol–water partition coefficient (Wildman–Crippen LogP) is 3.67. The third-order valence-electron chi connectivity index (χ3n) is 6.47. The number of rotatable bonds is 7. The molecule has 2 atom stereocenters. The van der Waals surface area contributed by atoms with Crippen LogP contribution in [0.2, 0.25) is 0 Å². The number of halogens is 3.